The summed E-state index contributed by atoms with van der Waals surface area (Å²) < 4.78 is 4.98. The van der Waals surface area contributed by atoms with Crippen LogP contribution in [0.1, 0.15) is 13.3 Å². The first-order valence-electron chi connectivity index (χ1n) is 7.05. The van der Waals surface area contributed by atoms with Gasteiger partial charge in [-0.1, -0.05) is 31.2 Å². The Bertz CT molecular complexity index is 577. The molecule has 2 N–H and O–H groups in total. The van der Waals surface area contributed by atoms with E-state index in [9.17, 15) is 4.79 Å². The largest absolute Gasteiger partial charge is 0.449 e. The van der Waals surface area contributed by atoms with Gasteiger partial charge in [-0.25, -0.2) is 4.79 Å². The van der Waals surface area contributed by atoms with Gasteiger partial charge in [0.05, 0.1) is 6.61 Å². The molecule has 2 aromatic rings. The summed E-state index contributed by atoms with van der Waals surface area (Å²) in [5, 5.41) is 5.79. The Morgan fingerprint density at radius 3 is 1.95 bits per heavy atom. The van der Waals surface area contributed by atoms with Gasteiger partial charge in [-0.3, -0.25) is 5.32 Å². The summed E-state index contributed by atoms with van der Waals surface area (Å²) in [6.45, 7) is 2.39. The summed E-state index contributed by atoms with van der Waals surface area (Å²) in [6.07, 6.45) is 0.401. The van der Waals surface area contributed by atoms with Crippen LogP contribution in [0.4, 0.5) is 16.2 Å². The van der Waals surface area contributed by atoms with E-state index >= 15 is 0 Å². The van der Waals surface area contributed by atoms with Crippen LogP contribution in [0.25, 0.3) is 11.1 Å². The molecule has 0 fully saturated rings. The summed E-state index contributed by atoms with van der Waals surface area (Å²) in [7, 11) is 1.90. The highest BCUT2D eigenvalue weighted by atomic mass is 16.5. The van der Waals surface area contributed by atoms with Gasteiger partial charge in [0, 0.05) is 18.4 Å². The van der Waals surface area contributed by atoms with Gasteiger partial charge in [0.25, 0.3) is 0 Å². The van der Waals surface area contributed by atoms with Crippen LogP contribution in [0.15, 0.2) is 48.5 Å². The summed E-state index contributed by atoms with van der Waals surface area (Å²) in [5.41, 5.74) is 4.04. The molecule has 0 aliphatic heterocycles. The van der Waals surface area contributed by atoms with E-state index in [0.717, 1.165) is 28.9 Å². The van der Waals surface area contributed by atoms with Crippen molar-refractivity contribution >= 4 is 17.5 Å². The lowest BCUT2D eigenvalue weighted by Gasteiger charge is -2.08. The number of rotatable bonds is 5. The van der Waals surface area contributed by atoms with Crippen molar-refractivity contribution in [1.82, 2.24) is 0 Å². The minimum atomic E-state index is -0.414. The minimum Gasteiger partial charge on any atom is -0.449 e. The molecule has 0 radical (unpaired) electrons. The molecule has 0 atom stereocenters. The first-order valence-corrected chi connectivity index (χ1v) is 7.05. The summed E-state index contributed by atoms with van der Waals surface area (Å²) in [5.74, 6) is 0. The third-order valence-corrected chi connectivity index (χ3v) is 3.08. The number of nitrogens with one attached hydrogen (secondary N) is 2. The lowest BCUT2D eigenvalue weighted by atomic mass is 10.1. The molecule has 0 heterocycles. The van der Waals surface area contributed by atoms with Gasteiger partial charge in [0.15, 0.2) is 0 Å². The first-order chi connectivity index (χ1) is 10.2. The number of benzene rings is 2. The third kappa shape index (κ3) is 4.24. The Hall–Kier alpha value is -2.49. The summed E-state index contributed by atoms with van der Waals surface area (Å²) in [6, 6.07) is 15.9. The van der Waals surface area contributed by atoms with Gasteiger partial charge < -0.3 is 10.1 Å². The van der Waals surface area contributed by atoms with Crippen molar-refractivity contribution in [2.45, 2.75) is 13.3 Å². The Morgan fingerprint density at radius 2 is 1.48 bits per heavy atom. The highest BCUT2D eigenvalue weighted by Gasteiger charge is 2.03. The number of anilines is 2. The molecule has 0 bridgehead atoms. The van der Waals surface area contributed by atoms with E-state index in [1.54, 1.807) is 0 Å². The number of hydrogen-bond acceptors (Lipinski definition) is 3. The molecule has 1 amide bonds. The van der Waals surface area contributed by atoms with Gasteiger partial charge >= 0.3 is 6.09 Å². The highest BCUT2D eigenvalue weighted by molar-refractivity contribution is 5.85. The molecule has 0 aliphatic carbocycles. The lowest BCUT2D eigenvalue weighted by molar-refractivity contribution is 0.161. The molecule has 0 saturated heterocycles. The van der Waals surface area contributed by atoms with Crippen molar-refractivity contribution in [3.05, 3.63) is 48.5 Å². The van der Waals surface area contributed by atoms with Gasteiger partial charge in [0.1, 0.15) is 0 Å². The van der Waals surface area contributed by atoms with Crippen LogP contribution in [-0.4, -0.2) is 19.7 Å². The molecular weight excluding hydrogens is 264 g/mol. The lowest BCUT2D eigenvalue weighted by Crippen LogP contribution is -2.13. The van der Waals surface area contributed by atoms with E-state index in [-0.39, 0.29) is 0 Å². The van der Waals surface area contributed by atoms with Crippen molar-refractivity contribution in [1.29, 1.82) is 0 Å². The quantitative estimate of drug-likeness (QED) is 0.858. The molecule has 2 rings (SSSR count). The van der Waals surface area contributed by atoms with Crippen LogP contribution < -0.4 is 10.6 Å². The summed E-state index contributed by atoms with van der Waals surface area (Å²) in [4.78, 5) is 11.5. The number of hydrogen-bond donors (Lipinski definition) is 2. The first kappa shape index (κ1) is 14.9. The molecule has 0 spiro atoms. The molecular formula is C17H20N2O2. The van der Waals surface area contributed by atoms with Gasteiger partial charge in [-0.2, -0.15) is 0 Å². The van der Waals surface area contributed by atoms with E-state index in [0.29, 0.717) is 6.61 Å². The number of carbonyl (C=O) groups is 1. The normalized spacial score (nSPS) is 10.0. The Labute approximate surface area is 125 Å². The average molecular weight is 284 g/mol. The van der Waals surface area contributed by atoms with Crippen molar-refractivity contribution < 1.29 is 9.53 Å². The van der Waals surface area contributed by atoms with Crippen LogP contribution >= 0.6 is 0 Å². The maximum absolute atomic E-state index is 11.5. The Balaban J connectivity index is 2.02. The second-order valence-electron chi connectivity index (χ2n) is 4.67. The Morgan fingerprint density at radius 1 is 0.952 bits per heavy atom. The molecule has 0 aliphatic rings. The molecule has 4 heteroatoms. The van der Waals surface area contributed by atoms with Gasteiger partial charge in [-0.15, -0.1) is 0 Å². The maximum Gasteiger partial charge on any atom is 0.411 e. The second kappa shape index (κ2) is 7.33. The average Bonchev–Trinajstić information content (AvgIpc) is 2.54. The van der Waals surface area contributed by atoms with E-state index < -0.39 is 6.09 Å². The highest BCUT2D eigenvalue weighted by Crippen LogP contribution is 2.23. The zero-order chi connectivity index (χ0) is 15.1. The van der Waals surface area contributed by atoms with Crippen molar-refractivity contribution in [3.63, 3.8) is 0 Å². The fraction of sp³-hybridized carbons (Fsp3) is 0.235. The van der Waals surface area contributed by atoms with Gasteiger partial charge in [-0.05, 0) is 41.8 Å². The van der Waals surface area contributed by atoms with Crippen LogP contribution in [0.2, 0.25) is 0 Å². The fourth-order valence-electron chi connectivity index (χ4n) is 1.92. The predicted molar refractivity (Wildman–Crippen MR) is 86.7 cm³/mol. The molecule has 0 saturated carbocycles. The molecule has 0 unspecified atom stereocenters. The number of carbonyl (C=O) groups excluding carboxylic acids is 1. The maximum atomic E-state index is 11.5. The van der Waals surface area contributed by atoms with E-state index in [1.165, 1.54) is 0 Å². The number of ether oxygens (including phenoxy) is 1. The van der Waals surface area contributed by atoms with Crippen molar-refractivity contribution in [3.8, 4) is 11.1 Å². The SMILES string of the molecule is CCCOC(=O)Nc1ccc(-c2ccc(NC)cc2)cc1. The molecule has 110 valence electrons. The molecule has 21 heavy (non-hydrogen) atoms. The summed E-state index contributed by atoms with van der Waals surface area (Å²) >= 11 is 0. The standard InChI is InChI=1S/C17H20N2O2/c1-3-12-21-17(20)19-16-10-6-14(7-11-16)13-4-8-15(18-2)9-5-13/h4-11,18H,3,12H2,1-2H3,(H,19,20). The smallest absolute Gasteiger partial charge is 0.411 e. The topological polar surface area (TPSA) is 50.4 Å². The molecule has 2 aromatic carbocycles. The minimum absolute atomic E-state index is 0.414. The van der Waals surface area contributed by atoms with Crippen LogP contribution in [0, 0.1) is 0 Å². The molecule has 4 nitrogen and oxygen atoms in total. The predicted octanol–water partition coefficient (Wildman–Crippen LogP) is 4.35. The third-order valence-electron chi connectivity index (χ3n) is 3.08. The van der Waals surface area contributed by atoms with Crippen molar-refractivity contribution in [2.75, 3.05) is 24.3 Å². The van der Waals surface area contributed by atoms with Crippen LogP contribution in [0.5, 0.6) is 0 Å². The second-order valence-corrected chi connectivity index (χ2v) is 4.67. The number of amides is 1. The Kier molecular flexibility index (Phi) is 5.21. The van der Waals surface area contributed by atoms with E-state index in [4.69, 9.17) is 4.74 Å². The van der Waals surface area contributed by atoms with Gasteiger partial charge in [0.2, 0.25) is 0 Å². The molecule has 0 aromatic heterocycles. The van der Waals surface area contributed by atoms with E-state index in [1.807, 2.05) is 50.4 Å². The zero-order valence-electron chi connectivity index (χ0n) is 12.3. The van der Waals surface area contributed by atoms with Crippen LogP contribution in [0.3, 0.4) is 0 Å². The van der Waals surface area contributed by atoms with Crippen LogP contribution in [-0.2, 0) is 4.74 Å². The fourth-order valence-corrected chi connectivity index (χ4v) is 1.92. The van der Waals surface area contributed by atoms with Crippen molar-refractivity contribution in [2.24, 2.45) is 0 Å². The van der Waals surface area contributed by atoms with E-state index in [2.05, 4.69) is 22.8 Å². The monoisotopic (exact) mass is 284 g/mol. The zero-order valence-corrected chi connectivity index (χ0v) is 12.3.